The van der Waals surface area contributed by atoms with Gasteiger partial charge in [-0.25, -0.2) is 0 Å². The van der Waals surface area contributed by atoms with Crippen molar-refractivity contribution in [2.75, 3.05) is 7.11 Å². The average Bonchev–Trinajstić information content (AvgIpc) is 2.77. The summed E-state index contributed by atoms with van der Waals surface area (Å²) >= 11 is 0. The first kappa shape index (κ1) is 21.2. The number of ether oxygens (including phenoxy) is 2. The predicted octanol–water partition coefficient (Wildman–Crippen LogP) is 4.00. The Morgan fingerprint density at radius 2 is 1.83 bits per heavy atom. The molecule has 3 rings (SSSR count). The van der Waals surface area contributed by atoms with Gasteiger partial charge in [-0.05, 0) is 36.2 Å². The van der Waals surface area contributed by atoms with Gasteiger partial charge in [-0.2, -0.15) is 0 Å². The molecule has 156 valence electrons. The van der Waals surface area contributed by atoms with Crippen molar-refractivity contribution in [1.29, 1.82) is 0 Å². The van der Waals surface area contributed by atoms with Crippen molar-refractivity contribution in [2.45, 2.75) is 32.9 Å². The molecule has 0 aliphatic carbocycles. The van der Waals surface area contributed by atoms with Crippen molar-refractivity contribution < 1.29 is 14.3 Å². The first-order chi connectivity index (χ1) is 14.5. The van der Waals surface area contributed by atoms with Gasteiger partial charge in [0.05, 0.1) is 7.11 Å². The Morgan fingerprint density at radius 3 is 2.50 bits per heavy atom. The summed E-state index contributed by atoms with van der Waals surface area (Å²) in [5, 5.41) is 0. The van der Waals surface area contributed by atoms with Gasteiger partial charge in [-0.3, -0.25) is 9.59 Å². The van der Waals surface area contributed by atoms with E-state index in [0.29, 0.717) is 35.8 Å². The van der Waals surface area contributed by atoms with E-state index >= 15 is 0 Å². The molecule has 0 bridgehead atoms. The molecule has 0 aliphatic heterocycles. The van der Waals surface area contributed by atoms with Gasteiger partial charge in [0.2, 0.25) is 0 Å². The number of benzene rings is 2. The highest BCUT2D eigenvalue weighted by molar-refractivity contribution is 6.00. The third-order valence-corrected chi connectivity index (χ3v) is 4.88. The molecular formula is C24H26N2O4. The molecule has 30 heavy (non-hydrogen) atoms. The fourth-order valence-electron chi connectivity index (χ4n) is 3.25. The summed E-state index contributed by atoms with van der Waals surface area (Å²) in [4.78, 5) is 25.2. The zero-order valence-corrected chi connectivity index (χ0v) is 17.3. The van der Waals surface area contributed by atoms with E-state index in [1.807, 2.05) is 37.3 Å². The maximum atomic E-state index is 12.9. The molecule has 0 aliphatic rings. The molecule has 0 spiro atoms. The predicted molar refractivity (Wildman–Crippen MR) is 117 cm³/mol. The Hall–Kier alpha value is -3.54. The number of methoxy groups -OCH3 is 1. The highest BCUT2D eigenvalue weighted by Crippen LogP contribution is 2.35. The van der Waals surface area contributed by atoms with Crippen molar-refractivity contribution in [1.82, 2.24) is 4.57 Å². The van der Waals surface area contributed by atoms with E-state index in [4.69, 9.17) is 15.2 Å². The zero-order valence-electron chi connectivity index (χ0n) is 17.3. The Kier molecular flexibility index (Phi) is 6.91. The number of rotatable bonds is 9. The number of amides is 1. The molecule has 0 fully saturated rings. The minimum Gasteiger partial charge on any atom is -0.497 e. The third-order valence-electron chi connectivity index (χ3n) is 4.88. The summed E-state index contributed by atoms with van der Waals surface area (Å²) in [5.41, 5.74) is 7.18. The molecule has 1 amide bonds. The van der Waals surface area contributed by atoms with Crippen molar-refractivity contribution in [3.63, 3.8) is 0 Å². The Labute approximate surface area is 175 Å². The standard InChI is InChI=1S/C24H26N2O4/c1-3-4-13-26-14-12-19(22(23(25)27)24(26)28)20-15-18(29-2)10-11-21(20)30-16-17-8-6-5-7-9-17/h5-12,14-15H,3-4,13,16H2,1-2H3,(H2,25,27). The van der Waals surface area contributed by atoms with Crippen LogP contribution in [0.25, 0.3) is 11.1 Å². The summed E-state index contributed by atoms with van der Waals surface area (Å²) < 4.78 is 12.9. The van der Waals surface area contributed by atoms with Gasteiger partial charge in [0.15, 0.2) is 0 Å². The maximum absolute atomic E-state index is 12.9. The van der Waals surface area contributed by atoms with Crippen LogP contribution < -0.4 is 20.8 Å². The van der Waals surface area contributed by atoms with Gasteiger partial charge in [0.25, 0.3) is 11.5 Å². The summed E-state index contributed by atoms with van der Waals surface area (Å²) in [6.07, 6.45) is 3.47. The van der Waals surface area contributed by atoms with E-state index in [2.05, 4.69) is 0 Å². The minimum absolute atomic E-state index is 0.0496. The van der Waals surface area contributed by atoms with E-state index in [1.54, 1.807) is 37.6 Å². The van der Waals surface area contributed by atoms with Gasteiger partial charge in [-0.15, -0.1) is 0 Å². The van der Waals surface area contributed by atoms with Crippen LogP contribution in [0.3, 0.4) is 0 Å². The fraction of sp³-hybridized carbons (Fsp3) is 0.250. The lowest BCUT2D eigenvalue weighted by molar-refractivity contribution is 0.0999. The van der Waals surface area contributed by atoms with Crippen LogP contribution in [0.4, 0.5) is 0 Å². The molecule has 6 nitrogen and oxygen atoms in total. The van der Waals surface area contributed by atoms with Crippen molar-refractivity contribution in [2.24, 2.45) is 5.73 Å². The lowest BCUT2D eigenvalue weighted by Gasteiger charge is -2.16. The highest BCUT2D eigenvalue weighted by Gasteiger charge is 2.20. The SMILES string of the molecule is CCCCn1ccc(-c2cc(OC)ccc2OCc2ccccc2)c(C(N)=O)c1=O. The first-order valence-corrected chi connectivity index (χ1v) is 9.93. The number of aryl methyl sites for hydroxylation is 1. The lowest BCUT2D eigenvalue weighted by Crippen LogP contribution is -2.30. The van der Waals surface area contributed by atoms with Gasteiger partial charge in [0.1, 0.15) is 23.7 Å². The average molecular weight is 406 g/mol. The van der Waals surface area contributed by atoms with Crippen molar-refractivity contribution in [3.8, 4) is 22.6 Å². The number of carbonyl (C=O) groups excluding carboxylic acids is 1. The van der Waals surface area contributed by atoms with E-state index in [1.165, 1.54) is 4.57 Å². The van der Waals surface area contributed by atoms with Crippen LogP contribution >= 0.6 is 0 Å². The largest absolute Gasteiger partial charge is 0.497 e. The number of aromatic nitrogens is 1. The summed E-state index contributed by atoms with van der Waals surface area (Å²) in [6, 6.07) is 16.8. The summed E-state index contributed by atoms with van der Waals surface area (Å²) in [5.74, 6) is 0.355. The molecule has 2 aromatic carbocycles. The second kappa shape index (κ2) is 9.78. The molecule has 1 heterocycles. The number of unbranched alkanes of at least 4 members (excludes halogenated alkanes) is 1. The van der Waals surface area contributed by atoms with Crippen molar-refractivity contribution in [3.05, 3.63) is 82.3 Å². The van der Waals surface area contributed by atoms with Crippen LogP contribution in [0.2, 0.25) is 0 Å². The van der Waals surface area contributed by atoms with E-state index in [0.717, 1.165) is 18.4 Å². The molecule has 0 unspecified atom stereocenters. The lowest BCUT2D eigenvalue weighted by atomic mass is 9.99. The van der Waals surface area contributed by atoms with Crippen molar-refractivity contribution >= 4 is 5.91 Å². The second-order valence-electron chi connectivity index (χ2n) is 6.96. The third kappa shape index (κ3) is 4.71. The van der Waals surface area contributed by atoms with E-state index < -0.39 is 11.5 Å². The van der Waals surface area contributed by atoms with Gasteiger partial charge < -0.3 is 19.8 Å². The zero-order chi connectivity index (χ0) is 21.5. The van der Waals surface area contributed by atoms with Crippen LogP contribution in [0.1, 0.15) is 35.7 Å². The molecule has 1 aromatic heterocycles. The molecule has 6 heteroatoms. The Morgan fingerprint density at radius 1 is 1.07 bits per heavy atom. The first-order valence-electron chi connectivity index (χ1n) is 9.93. The molecular weight excluding hydrogens is 380 g/mol. The van der Waals surface area contributed by atoms with Gasteiger partial charge in [-0.1, -0.05) is 43.7 Å². The monoisotopic (exact) mass is 406 g/mol. The Bertz CT molecular complexity index is 1070. The molecule has 0 radical (unpaired) electrons. The quantitative estimate of drug-likeness (QED) is 0.582. The number of primary amides is 1. The smallest absolute Gasteiger partial charge is 0.264 e. The summed E-state index contributed by atoms with van der Waals surface area (Å²) in [7, 11) is 1.56. The second-order valence-corrected chi connectivity index (χ2v) is 6.96. The Balaban J connectivity index is 2.08. The van der Waals surface area contributed by atoms with Crippen LogP contribution in [-0.2, 0) is 13.2 Å². The number of pyridine rings is 1. The number of nitrogens with two attached hydrogens (primary N) is 1. The number of nitrogens with zero attached hydrogens (tertiary/aromatic N) is 1. The minimum atomic E-state index is -0.766. The maximum Gasteiger partial charge on any atom is 0.264 e. The van der Waals surface area contributed by atoms with Gasteiger partial charge >= 0.3 is 0 Å². The van der Waals surface area contributed by atoms with E-state index in [-0.39, 0.29) is 5.56 Å². The highest BCUT2D eigenvalue weighted by atomic mass is 16.5. The fourth-order valence-corrected chi connectivity index (χ4v) is 3.25. The molecule has 0 atom stereocenters. The van der Waals surface area contributed by atoms with Crippen LogP contribution in [0.5, 0.6) is 11.5 Å². The number of hydrogen-bond donors (Lipinski definition) is 1. The summed E-state index contributed by atoms with van der Waals surface area (Å²) in [6.45, 7) is 2.92. The van der Waals surface area contributed by atoms with Gasteiger partial charge in [0, 0.05) is 23.9 Å². The normalized spacial score (nSPS) is 10.6. The van der Waals surface area contributed by atoms with Crippen LogP contribution in [-0.4, -0.2) is 17.6 Å². The number of carbonyl (C=O) groups is 1. The molecule has 2 N–H and O–H groups in total. The molecule has 3 aromatic rings. The van der Waals surface area contributed by atoms with E-state index in [9.17, 15) is 9.59 Å². The number of hydrogen-bond acceptors (Lipinski definition) is 4. The van der Waals surface area contributed by atoms with Crippen LogP contribution in [0.15, 0.2) is 65.6 Å². The molecule has 0 saturated heterocycles. The molecule has 0 saturated carbocycles. The topological polar surface area (TPSA) is 83.5 Å². The van der Waals surface area contributed by atoms with Crippen LogP contribution in [0, 0.1) is 0 Å².